The second-order valence-electron chi connectivity index (χ2n) is 4.48. The summed E-state index contributed by atoms with van der Waals surface area (Å²) in [7, 11) is 0. The van der Waals surface area contributed by atoms with Gasteiger partial charge < -0.3 is 14.8 Å². The number of alkyl halides is 3. The van der Waals surface area contributed by atoms with Crippen LogP contribution in [0.25, 0.3) is 0 Å². The quantitative estimate of drug-likeness (QED) is 0.733. The first-order chi connectivity index (χ1) is 11.2. The topological polar surface area (TPSA) is 47.6 Å². The van der Waals surface area contributed by atoms with Gasteiger partial charge >= 0.3 is 6.36 Å². The molecule has 9 heteroatoms. The number of amides is 1. The van der Waals surface area contributed by atoms with Gasteiger partial charge in [0, 0.05) is 10.2 Å². The molecule has 0 saturated carbocycles. The number of hydrogen-bond acceptors (Lipinski definition) is 3. The van der Waals surface area contributed by atoms with Gasteiger partial charge in [-0.2, -0.15) is 0 Å². The molecule has 1 amide bonds. The molecule has 24 heavy (non-hydrogen) atoms. The molecule has 1 N–H and O–H groups in total. The molecule has 0 heterocycles. The first kappa shape index (κ1) is 18.4. The van der Waals surface area contributed by atoms with Gasteiger partial charge in [-0.1, -0.05) is 27.5 Å². The third-order valence-electron chi connectivity index (χ3n) is 2.62. The minimum absolute atomic E-state index is 0.303. The Kier molecular flexibility index (Phi) is 5.95. The number of nitrogens with one attached hydrogen (secondary N) is 1. The van der Waals surface area contributed by atoms with Crippen LogP contribution in [-0.4, -0.2) is 18.9 Å². The Bertz CT molecular complexity index is 723. The van der Waals surface area contributed by atoms with Gasteiger partial charge in [0.25, 0.3) is 5.91 Å². The van der Waals surface area contributed by atoms with E-state index >= 15 is 0 Å². The van der Waals surface area contributed by atoms with Gasteiger partial charge in [0.2, 0.25) is 0 Å². The van der Waals surface area contributed by atoms with Crippen LogP contribution in [0, 0.1) is 0 Å². The van der Waals surface area contributed by atoms with Crippen LogP contribution in [0.4, 0.5) is 18.9 Å². The van der Waals surface area contributed by atoms with Gasteiger partial charge in [0.05, 0.1) is 5.02 Å². The highest BCUT2D eigenvalue weighted by Crippen LogP contribution is 2.28. The Labute approximate surface area is 148 Å². The van der Waals surface area contributed by atoms with Crippen molar-refractivity contribution in [3.63, 3.8) is 0 Å². The first-order valence-electron chi connectivity index (χ1n) is 6.46. The minimum Gasteiger partial charge on any atom is -0.482 e. The van der Waals surface area contributed by atoms with E-state index in [1.54, 1.807) is 18.2 Å². The standard InChI is InChI=1S/C15H10BrClF3NO3/c16-9-1-6-13(12(17)7-9)23-8-14(22)21-10-2-4-11(5-3-10)24-15(18,19)20/h1-7H,8H2,(H,21,22). The molecule has 0 spiro atoms. The average molecular weight is 425 g/mol. The summed E-state index contributed by atoms with van der Waals surface area (Å²) in [6.45, 7) is -0.303. The Morgan fingerprint density at radius 1 is 1.17 bits per heavy atom. The van der Waals surface area contributed by atoms with E-state index in [9.17, 15) is 18.0 Å². The highest BCUT2D eigenvalue weighted by Gasteiger charge is 2.30. The van der Waals surface area contributed by atoms with Crippen molar-refractivity contribution in [2.24, 2.45) is 0 Å². The number of carbonyl (C=O) groups is 1. The molecule has 0 unspecified atom stereocenters. The lowest BCUT2D eigenvalue weighted by molar-refractivity contribution is -0.274. The predicted molar refractivity (Wildman–Crippen MR) is 86.4 cm³/mol. The second-order valence-corrected chi connectivity index (χ2v) is 5.81. The van der Waals surface area contributed by atoms with E-state index in [0.717, 1.165) is 16.6 Å². The molecule has 2 rings (SSSR count). The van der Waals surface area contributed by atoms with Crippen molar-refractivity contribution in [3.05, 3.63) is 52.0 Å². The zero-order valence-electron chi connectivity index (χ0n) is 11.9. The van der Waals surface area contributed by atoms with E-state index in [1.165, 1.54) is 12.1 Å². The number of halogens is 5. The second kappa shape index (κ2) is 7.76. The summed E-state index contributed by atoms with van der Waals surface area (Å²) < 4.78 is 45.9. The van der Waals surface area contributed by atoms with E-state index in [0.29, 0.717) is 16.5 Å². The molecule has 0 aliphatic carbocycles. The van der Waals surface area contributed by atoms with Gasteiger partial charge in [-0.25, -0.2) is 0 Å². The molecule has 0 fully saturated rings. The maximum absolute atomic E-state index is 12.0. The van der Waals surface area contributed by atoms with Crippen LogP contribution in [0.15, 0.2) is 46.9 Å². The highest BCUT2D eigenvalue weighted by atomic mass is 79.9. The Balaban J connectivity index is 1.88. The van der Waals surface area contributed by atoms with Crippen LogP contribution < -0.4 is 14.8 Å². The van der Waals surface area contributed by atoms with Crippen molar-refractivity contribution in [3.8, 4) is 11.5 Å². The molecule has 0 aliphatic rings. The Morgan fingerprint density at radius 3 is 2.42 bits per heavy atom. The first-order valence-corrected chi connectivity index (χ1v) is 7.63. The lowest BCUT2D eigenvalue weighted by Crippen LogP contribution is -2.20. The van der Waals surface area contributed by atoms with Crippen molar-refractivity contribution in [2.75, 3.05) is 11.9 Å². The van der Waals surface area contributed by atoms with Crippen LogP contribution in [0.2, 0.25) is 5.02 Å². The van der Waals surface area contributed by atoms with Crippen molar-refractivity contribution < 1.29 is 27.4 Å². The molecule has 0 aliphatic heterocycles. The average Bonchev–Trinajstić information content (AvgIpc) is 2.47. The molecule has 2 aromatic carbocycles. The zero-order valence-corrected chi connectivity index (χ0v) is 14.2. The highest BCUT2D eigenvalue weighted by molar-refractivity contribution is 9.10. The zero-order chi connectivity index (χ0) is 17.7. The molecule has 0 saturated heterocycles. The maximum atomic E-state index is 12.0. The number of anilines is 1. The van der Waals surface area contributed by atoms with Crippen LogP contribution in [0.1, 0.15) is 0 Å². The fraction of sp³-hybridized carbons (Fsp3) is 0.133. The Hall–Kier alpha value is -1.93. The molecule has 0 atom stereocenters. The van der Waals surface area contributed by atoms with Crippen molar-refractivity contribution in [2.45, 2.75) is 6.36 Å². The van der Waals surface area contributed by atoms with E-state index in [1.807, 2.05) is 0 Å². The molecule has 0 bridgehead atoms. The lowest BCUT2D eigenvalue weighted by Gasteiger charge is -2.11. The maximum Gasteiger partial charge on any atom is 0.573 e. The van der Waals surface area contributed by atoms with Crippen molar-refractivity contribution in [1.82, 2.24) is 0 Å². The molecule has 0 radical (unpaired) electrons. The molecule has 4 nitrogen and oxygen atoms in total. The van der Waals surface area contributed by atoms with E-state index in [-0.39, 0.29) is 12.4 Å². The van der Waals surface area contributed by atoms with E-state index < -0.39 is 12.3 Å². The molecule has 0 aromatic heterocycles. The molecule has 2 aromatic rings. The monoisotopic (exact) mass is 423 g/mol. The Morgan fingerprint density at radius 2 is 1.83 bits per heavy atom. The van der Waals surface area contributed by atoms with Crippen LogP contribution >= 0.6 is 27.5 Å². The summed E-state index contributed by atoms with van der Waals surface area (Å²) in [5, 5.41) is 2.82. The predicted octanol–water partition coefficient (Wildman–Crippen LogP) is 5.02. The molecular weight excluding hydrogens is 415 g/mol. The summed E-state index contributed by atoms with van der Waals surface area (Å²) in [5.74, 6) is -0.527. The third-order valence-corrected chi connectivity index (χ3v) is 3.41. The summed E-state index contributed by atoms with van der Waals surface area (Å²) >= 11 is 9.20. The summed E-state index contributed by atoms with van der Waals surface area (Å²) in [4.78, 5) is 11.8. The fourth-order valence-corrected chi connectivity index (χ4v) is 2.40. The largest absolute Gasteiger partial charge is 0.573 e. The van der Waals surface area contributed by atoms with Crippen molar-refractivity contribution in [1.29, 1.82) is 0 Å². The number of ether oxygens (including phenoxy) is 2. The normalized spacial score (nSPS) is 11.0. The van der Waals surface area contributed by atoms with E-state index in [4.69, 9.17) is 16.3 Å². The number of carbonyl (C=O) groups excluding carboxylic acids is 1. The minimum atomic E-state index is -4.76. The van der Waals surface area contributed by atoms with Crippen LogP contribution in [0.3, 0.4) is 0 Å². The van der Waals surface area contributed by atoms with Gasteiger partial charge in [0.1, 0.15) is 11.5 Å². The number of benzene rings is 2. The van der Waals surface area contributed by atoms with Gasteiger partial charge in [-0.05, 0) is 42.5 Å². The summed E-state index contributed by atoms with van der Waals surface area (Å²) in [5.41, 5.74) is 0.306. The van der Waals surface area contributed by atoms with Gasteiger partial charge in [0.15, 0.2) is 6.61 Å². The van der Waals surface area contributed by atoms with Gasteiger partial charge in [-0.15, -0.1) is 13.2 Å². The summed E-state index contributed by atoms with van der Waals surface area (Å²) in [6, 6.07) is 9.68. The van der Waals surface area contributed by atoms with Crippen LogP contribution in [-0.2, 0) is 4.79 Å². The fourth-order valence-electron chi connectivity index (χ4n) is 1.67. The van der Waals surface area contributed by atoms with Crippen molar-refractivity contribution >= 4 is 39.1 Å². The number of hydrogen-bond donors (Lipinski definition) is 1. The number of rotatable bonds is 5. The molecular formula is C15H10BrClF3NO3. The van der Waals surface area contributed by atoms with Crippen LogP contribution in [0.5, 0.6) is 11.5 Å². The van der Waals surface area contributed by atoms with E-state index in [2.05, 4.69) is 26.0 Å². The van der Waals surface area contributed by atoms with Gasteiger partial charge in [-0.3, -0.25) is 4.79 Å². The SMILES string of the molecule is O=C(COc1ccc(Br)cc1Cl)Nc1ccc(OC(F)(F)F)cc1. The summed E-state index contributed by atoms with van der Waals surface area (Å²) in [6.07, 6.45) is -4.76. The third kappa shape index (κ3) is 5.93. The lowest BCUT2D eigenvalue weighted by atomic mass is 10.3. The molecule has 128 valence electrons. The smallest absolute Gasteiger partial charge is 0.482 e.